The van der Waals surface area contributed by atoms with Gasteiger partial charge in [0.15, 0.2) is 11.3 Å². The van der Waals surface area contributed by atoms with Crippen molar-refractivity contribution in [2.75, 3.05) is 4.90 Å². The lowest BCUT2D eigenvalue weighted by Crippen LogP contribution is -2.50. The Hall–Kier alpha value is -3.21. The SMILES string of the molecule is O=C1CCCC2=C1C1(NC(=O)c3ccccc31)C(=O)N2c1ccccc1. The lowest BCUT2D eigenvalue weighted by Gasteiger charge is -2.27. The Morgan fingerprint density at radius 1 is 0.885 bits per heavy atom. The molecule has 1 spiro atoms. The van der Waals surface area contributed by atoms with Gasteiger partial charge in [0.05, 0.1) is 5.57 Å². The lowest BCUT2D eigenvalue weighted by atomic mass is 9.79. The molecule has 1 N–H and O–H groups in total. The number of nitrogens with one attached hydrogen (secondary N) is 1. The fraction of sp³-hybridized carbons (Fsp3) is 0.190. The molecule has 1 aliphatic carbocycles. The number of fused-ring (bicyclic) bond motifs is 3. The van der Waals surface area contributed by atoms with Gasteiger partial charge in [0, 0.05) is 28.9 Å². The molecule has 2 aromatic carbocycles. The maximum atomic E-state index is 13.7. The van der Waals surface area contributed by atoms with Crippen LogP contribution in [0.25, 0.3) is 0 Å². The van der Waals surface area contributed by atoms with Gasteiger partial charge in [-0.3, -0.25) is 19.3 Å². The van der Waals surface area contributed by atoms with Gasteiger partial charge >= 0.3 is 0 Å². The summed E-state index contributed by atoms with van der Waals surface area (Å²) < 4.78 is 0. The smallest absolute Gasteiger partial charge is 0.266 e. The van der Waals surface area contributed by atoms with Crippen LogP contribution >= 0.6 is 0 Å². The van der Waals surface area contributed by atoms with Gasteiger partial charge in [-0.25, -0.2) is 0 Å². The van der Waals surface area contributed by atoms with E-state index in [1.165, 1.54) is 0 Å². The summed E-state index contributed by atoms with van der Waals surface area (Å²) >= 11 is 0. The Labute approximate surface area is 150 Å². The first-order valence-corrected chi connectivity index (χ1v) is 8.73. The van der Waals surface area contributed by atoms with Crippen molar-refractivity contribution in [3.8, 4) is 0 Å². The molecule has 1 atom stereocenters. The van der Waals surface area contributed by atoms with Crippen molar-refractivity contribution < 1.29 is 14.4 Å². The molecule has 0 saturated heterocycles. The summed E-state index contributed by atoms with van der Waals surface area (Å²) in [4.78, 5) is 40.8. The van der Waals surface area contributed by atoms with E-state index in [1.807, 2.05) is 30.3 Å². The van der Waals surface area contributed by atoms with Gasteiger partial charge in [-0.2, -0.15) is 0 Å². The highest BCUT2D eigenvalue weighted by Crippen LogP contribution is 2.50. The van der Waals surface area contributed by atoms with Gasteiger partial charge in [-0.15, -0.1) is 0 Å². The Balaban J connectivity index is 1.80. The highest BCUT2D eigenvalue weighted by atomic mass is 16.2. The molecule has 1 unspecified atom stereocenters. The number of anilines is 1. The molecule has 0 fully saturated rings. The van der Waals surface area contributed by atoms with Crippen molar-refractivity contribution in [3.63, 3.8) is 0 Å². The number of carbonyl (C=O) groups is 3. The molecule has 3 aliphatic rings. The second-order valence-electron chi connectivity index (χ2n) is 6.82. The molecule has 2 amide bonds. The predicted octanol–water partition coefficient (Wildman–Crippen LogP) is 2.68. The van der Waals surface area contributed by atoms with Gasteiger partial charge in [0.1, 0.15) is 0 Å². The number of Topliss-reactive ketones (excluding diaryl/α,β-unsaturated/α-hetero) is 1. The summed E-state index contributed by atoms with van der Waals surface area (Å²) in [6.07, 6.45) is 1.75. The average Bonchev–Trinajstić information content (AvgIpc) is 3.10. The molecule has 0 radical (unpaired) electrons. The lowest BCUT2D eigenvalue weighted by molar-refractivity contribution is -0.124. The third kappa shape index (κ3) is 1.72. The van der Waals surface area contributed by atoms with Crippen LogP contribution in [0, 0.1) is 0 Å². The molecule has 0 bridgehead atoms. The standard InChI is InChI=1S/C21H16N2O3/c24-17-12-6-11-16-18(17)21(15-10-5-4-9-14(15)19(25)22-21)20(26)23(16)13-7-2-1-3-8-13/h1-5,7-10H,6,11-12H2,(H,22,25). The van der Waals surface area contributed by atoms with Crippen LogP contribution in [0.15, 0.2) is 65.9 Å². The molecular formula is C21H16N2O3. The van der Waals surface area contributed by atoms with Crippen LogP contribution < -0.4 is 10.2 Å². The minimum Gasteiger partial charge on any atom is -0.330 e. The van der Waals surface area contributed by atoms with E-state index in [0.29, 0.717) is 36.0 Å². The number of hydrogen-bond donors (Lipinski definition) is 1. The molecule has 5 nitrogen and oxygen atoms in total. The number of rotatable bonds is 1. The van der Waals surface area contributed by atoms with Crippen molar-refractivity contribution in [1.82, 2.24) is 5.32 Å². The Morgan fingerprint density at radius 3 is 2.42 bits per heavy atom. The zero-order valence-electron chi connectivity index (χ0n) is 14.0. The summed E-state index contributed by atoms with van der Waals surface area (Å²) in [6.45, 7) is 0. The van der Waals surface area contributed by atoms with E-state index in [0.717, 1.165) is 11.4 Å². The Morgan fingerprint density at radius 2 is 1.62 bits per heavy atom. The first-order chi connectivity index (χ1) is 12.6. The van der Waals surface area contributed by atoms with Crippen molar-refractivity contribution in [2.45, 2.75) is 24.8 Å². The molecule has 26 heavy (non-hydrogen) atoms. The van der Waals surface area contributed by atoms with Gasteiger partial charge < -0.3 is 5.32 Å². The van der Waals surface area contributed by atoms with Crippen molar-refractivity contribution in [2.24, 2.45) is 0 Å². The maximum absolute atomic E-state index is 13.7. The van der Waals surface area contributed by atoms with E-state index in [4.69, 9.17) is 0 Å². The molecule has 0 saturated carbocycles. The molecule has 0 aromatic heterocycles. The molecule has 5 rings (SSSR count). The second-order valence-corrected chi connectivity index (χ2v) is 6.82. The third-order valence-electron chi connectivity index (χ3n) is 5.44. The van der Waals surface area contributed by atoms with E-state index in [-0.39, 0.29) is 17.6 Å². The zero-order valence-corrected chi connectivity index (χ0v) is 14.0. The van der Waals surface area contributed by atoms with E-state index < -0.39 is 5.54 Å². The second kappa shape index (κ2) is 5.14. The number of para-hydroxylation sites is 1. The summed E-state index contributed by atoms with van der Waals surface area (Å²) in [6, 6.07) is 16.3. The molecule has 5 heteroatoms. The van der Waals surface area contributed by atoms with Gasteiger partial charge in [-0.05, 0) is 31.0 Å². The van der Waals surface area contributed by atoms with Crippen LogP contribution in [0.5, 0.6) is 0 Å². The van der Waals surface area contributed by atoms with Crippen LogP contribution in [0.1, 0.15) is 35.2 Å². The van der Waals surface area contributed by atoms with E-state index in [1.54, 1.807) is 29.2 Å². The number of nitrogens with zero attached hydrogens (tertiary/aromatic N) is 1. The van der Waals surface area contributed by atoms with Gasteiger partial charge in [0.25, 0.3) is 11.8 Å². The quantitative estimate of drug-likeness (QED) is 0.865. The van der Waals surface area contributed by atoms with Gasteiger partial charge in [0.2, 0.25) is 0 Å². The highest BCUT2D eigenvalue weighted by Gasteiger charge is 2.61. The minimum absolute atomic E-state index is 0.0602. The van der Waals surface area contributed by atoms with E-state index >= 15 is 0 Å². The number of amides is 2. The van der Waals surface area contributed by atoms with Crippen molar-refractivity contribution >= 4 is 23.3 Å². The zero-order chi connectivity index (χ0) is 17.9. The largest absolute Gasteiger partial charge is 0.330 e. The van der Waals surface area contributed by atoms with Crippen LogP contribution in [-0.2, 0) is 15.1 Å². The number of carbonyl (C=O) groups excluding carboxylic acids is 3. The maximum Gasteiger partial charge on any atom is 0.266 e. The highest BCUT2D eigenvalue weighted by molar-refractivity contribution is 6.23. The first-order valence-electron chi connectivity index (χ1n) is 8.73. The van der Waals surface area contributed by atoms with E-state index in [9.17, 15) is 14.4 Å². The van der Waals surface area contributed by atoms with Crippen LogP contribution in [-0.4, -0.2) is 17.6 Å². The summed E-state index contributed by atoms with van der Waals surface area (Å²) in [5.74, 6) is -0.647. The fourth-order valence-corrected chi connectivity index (χ4v) is 4.40. The molecule has 2 aliphatic heterocycles. The number of allylic oxidation sites excluding steroid dienone is 1. The van der Waals surface area contributed by atoms with Crippen molar-refractivity contribution in [3.05, 3.63) is 77.0 Å². The molecule has 2 aromatic rings. The number of hydrogen-bond acceptors (Lipinski definition) is 3. The molecule has 2 heterocycles. The van der Waals surface area contributed by atoms with Crippen LogP contribution in [0.4, 0.5) is 5.69 Å². The fourth-order valence-electron chi connectivity index (χ4n) is 4.40. The van der Waals surface area contributed by atoms with E-state index in [2.05, 4.69) is 5.32 Å². The molecular weight excluding hydrogens is 328 g/mol. The third-order valence-corrected chi connectivity index (χ3v) is 5.44. The van der Waals surface area contributed by atoms with Crippen molar-refractivity contribution in [1.29, 1.82) is 0 Å². The average molecular weight is 344 g/mol. The molecule has 128 valence electrons. The number of benzene rings is 2. The number of ketones is 1. The Kier molecular flexibility index (Phi) is 2.98. The topological polar surface area (TPSA) is 66.5 Å². The predicted molar refractivity (Wildman–Crippen MR) is 95.4 cm³/mol. The first kappa shape index (κ1) is 15.1. The van der Waals surface area contributed by atoms with Crippen LogP contribution in [0.3, 0.4) is 0 Å². The Bertz CT molecular complexity index is 1010. The minimum atomic E-state index is -1.39. The summed E-state index contributed by atoms with van der Waals surface area (Å²) in [5.41, 5.74) is 1.52. The normalized spacial score (nSPS) is 24.2. The summed E-state index contributed by atoms with van der Waals surface area (Å²) in [5, 5.41) is 2.86. The van der Waals surface area contributed by atoms with Crippen LogP contribution in [0.2, 0.25) is 0 Å². The van der Waals surface area contributed by atoms with Gasteiger partial charge in [-0.1, -0.05) is 36.4 Å². The summed E-state index contributed by atoms with van der Waals surface area (Å²) in [7, 11) is 0. The monoisotopic (exact) mass is 344 g/mol.